The average molecular weight is 427 g/mol. The third kappa shape index (κ3) is 3.42. The van der Waals surface area contributed by atoms with Crippen LogP contribution in [0.25, 0.3) is 32.6 Å². The van der Waals surface area contributed by atoms with Crippen LogP contribution in [0.4, 0.5) is 10.8 Å². The van der Waals surface area contributed by atoms with Crippen molar-refractivity contribution in [2.75, 3.05) is 18.1 Å². The zero-order valence-corrected chi connectivity index (χ0v) is 17.1. The summed E-state index contributed by atoms with van der Waals surface area (Å²) >= 11 is 7.79. The zero-order chi connectivity index (χ0) is 20.8. The summed E-state index contributed by atoms with van der Waals surface area (Å²) in [5.74, 6) is 0.361. The number of hydrogen-bond acceptors (Lipinski definition) is 7. The number of benzene rings is 1. The number of anilines is 2. The minimum Gasteiger partial charge on any atom is -0.393 e. The molecule has 0 spiro atoms. The summed E-state index contributed by atoms with van der Waals surface area (Å²) in [5.41, 5.74) is 14.2. The van der Waals surface area contributed by atoms with Gasteiger partial charge in [-0.3, -0.25) is 4.98 Å². The van der Waals surface area contributed by atoms with Crippen LogP contribution in [0.15, 0.2) is 48.7 Å². The van der Waals surface area contributed by atoms with E-state index < -0.39 is 12.2 Å². The van der Waals surface area contributed by atoms with Crippen molar-refractivity contribution < 1.29 is 10.2 Å². The van der Waals surface area contributed by atoms with Gasteiger partial charge in [0.25, 0.3) is 0 Å². The van der Waals surface area contributed by atoms with Gasteiger partial charge in [0.2, 0.25) is 0 Å². The summed E-state index contributed by atoms with van der Waals surface area (Å²) in [7, 11) is 0. The number of rotatable bonds is 4. The molecule has 4 rings (SSSR count). The number of aliphatic hydroxyl groups is 2. The van der Waals surface area contributed by atoms with Crippen LogP contribution in [0, 0.1) is 0 Å². The molecule has 0 bridgehead atoms. The number of fused-ring (bicyclic) bond motifs is 1. The number of nitrogen functional groups attached to an aromatic ring is 2. The highest BCUT2D eigenvalue weighted by molar-refractivity contribution is 7.24. The highest BCUT2D eigenvalue weighted by Crippen LogP contribution is 2.46. The maximum Gasteiger partial charge on any atom is 0.124 e. The van der Waals surface area contributed by atoms with E-state index in [-0.39, 0.29) is 0 Å². The van der Waals surface area contributed by atoms with Gasteiger partial charge < -0.3 is 21.7 Å². The minimum absolute atomic E-state index is 0.361. The number of pyridine rings is 2. The first-order chi connectivity index (χ1) is 13.8. The first-order valence-electron chi connectivity index (χ1n) is 8.85. The fourth-order valence-electron chi connectivity index (χ4n) is 3.22. The van der Waals surface area contributed by atoms with Crippen molar-refractivity contribution in [1.29, 1.82) is 0 Å². The van der Waals surface area contributed by atoms with Crippen LogP contribution in [-0.4, -0.2) is 26.8 Å². The van der Waals surface area contributed by atoms with Crippen LogP contribution >= 0.6 is 22.9 Å². The highest BCUT2D eigenvalue weighted by atomic mass is 35.5. The Hall–Kier alpha value is -2.71. The van der Waals surface area contributed by atoms with Crippen LogP contribution in [0.3, 0.4) is 0 Å². The second-order valence-electron chi connectivity index (χ2n) is 6.95. The van der Waals surface area contributed by atoms with Crippen LogP contribution in [-0.2, 0) is 5.60 Å². The van der Waals surface area contributed by atoms with E-state index in [2.05, 4.69) is 9.97 Å². The molecule has 0 aliphatic rings. The van der Waals surface area contributed by atoms with Gasteiger partial charge in [0.1, 0.15) is 11.4 Å². The van der Waals surface area contributed by atoms with Gasteiger partial charge in [0.05, 0.1) is 28.0 Å². The van der Waals surface area contributed by atoms with Gasteiger partial charge in [-0.1, -0.05) is 29.8 Å². The Morgan fingerprint density at radius 2 is 1.97 bits per heavy atom. The summed E-state index contributed by atoms with van der Waals surface area (Å²) in [5, 5.41) is 21.8. The van der Waals surface area contributed by atoms with Crippen LogP contribution < -0.4 is 11.5 Å². The predicted octanol–water partition coefficient (Wildman–Crippen LogP) is 4.04. The molecule has 0 aliphatic carbocycles. The van der Waals surface area contributed by atoms with Crippen molar-refractivity contribution in [2.24, 2.45) is 0 Å². The lowest BCUT2D eigenvalue weighted by molar-refractivity contribution is -0.00230. The molecule has 0 saturated carbocycles. The lowest BCUT2D eigenvalue weighted by Crippen LogP contribution is -2.25. The van der Waals surface area contributed by atoms with Gasteiger partial charge in [-0.25, -0.2) is 4.98 Å². The largest absolute Gasteiger partial charge is 0.393 e. The zero-order valence-electron chi connectivity index (χ0n) is 15.6. The third-order valence-corrected chi connectivity index (χ3v) is 6.19. The number of aromatic nitrogens is 2. The van der Waals surface area contributed by atoms with Crippen LogP contribution in [0.5, 0.6) is 0 Å². The topological polar surface area (TPSA) is 118 Å². The van der Waals surface area contributed by atoms with E-state index in [0.29, 0.717) is 32.8 Å². The standard InChI is InChI=1S/C21H19ClN4O2S/c1-21(28,10-27)11-7-8-25-15(9-11)12-3-2-4-13-17(20(24)29-19(12)13)18-14(22)5-6-16(23)26-18/h2-9,27-28H,10,24H2,1H3,(H2,23,26)/t21-/m1/s1. The van der Waals surface area contributed by atoms with Crippen molar-refractivity contribution >= 4 is 43.8 Å². The van der Waals surface area contributed by atoms with Gasteiger partial charge >= 0.3 is 0 Å². The van der Waals surface area contributed by atoms with Gasteiger partial charge in [-0.2, -0.15) is 0 Å². The van der Waals surface area contributed by atoms with E-state index in [1.165, 1.54) is 11.3 Å². The van der Waals surface area contributed by atoms with Crippen LogP contribution in [0.2, 0.25) is 5.02 Å². The predicted molar refractivity (Wildman–Crippen MR) is 119 cm³/mol. The molecule has 3 aromatic heterocycles. The molecular weight excluding hydrogens is 408 g/mol. The summed E-state index contributed by atoms with van der Waals surface area (Å²) in [6.07, 6.45) is 1.61. The Labute approximate surface area is 176 Å². The fraction of sp³-hybridized carbons (Fsp3) is 0.143. The molecule has 4 aromatic rings. The Bertz CT molecular complexity index is 1220. The van der Waals surface area contributed by atoms with E-state index in [1.54, 1.807) is 37.4 Å². The molecule has 0 radical (unpaired) electrons. The number of nitrogens with two attached hydrogens (primary N) is 2. The van der Waals surface area contributed by atoms with Crippen molar-refractivity contribution in [3.8, 4) is 22.5 Å². The van der Waals surface area contributed by atoms with Crippen molar-refractivity contribution in [3.63, 3.8) is 0 Å². The number of halogens is 1. The first-order valence-corrected chi connectivity index (χ1v) is 10.0. The molecule has 0 saturated heterocycles. The molecule has 8 heteroatoms. The van der Waals surface area contributed by atoms with E-state index in [0.717, 1.165) is 21.2 Å². The normalized spacial score (nSPS) is 13.5. The van der Waals surface area contributed by atoms with Gasteiger partial charge in [-0.15, -0.1) is 11.3 Å². The summed E-state index contributed by atoms with van der Waals surface area (Å²) in [6, 6.07) is 12.6. The third-order valence-electron chi connectivity index (χ3n) is 4.81. The Balaban J connectivity index is 1.94. The molecule has 3 heterocycles. The van der Waals surface area contributed by atoms with E-state index in [1.807, 2.05) is 18.2 Å². The number of hydrogen-bond donors (Lipinski definition) is 4. The smallest absolute Gasteiger partial charge is 0.124 e. The molecule has 6 nitrogen and oxygen atoms in total. The quantitative estimate of drug-likeness (QED) is 0.391. The highest BCUT2D eigenvalue weighted by Gasteiger charge is 2.24. The molecule has 148 valence electrons. The van der Waals surface area contributed by atoms with Gasteiger partial charge in [0.15, 0.2) is 0 Å². The number of aliphatic hydroxyl groups excluding tert-OH is 1. The Morgan fingerprint density at radius 3 is 2.72 bits per heavy atom. The fourth-order valence-corrected chi connectivity index (χ4v) is 4.51. The molecule has 6 N–H and O–H groups in total. The molecule has 0 aliphatic heterocycles. The Kier molecular flexibility index (Phi) is 4.92. The van der Waals surface area contributed by atoms with E-state index >= 15 is 0 Å². The molecule has 1 atom stereocenters. The Morgan fingerprint density at radius 1 is 1.17 bits per heavy atom. The molecule has 0 amide bonds. The lowest BCUT2D eigenvalue weighted by Gasteiger charge is -2.21. The maximum atomic E-state index is 10.4. The molecule has 0 unspecified atom stereocenters. The van der Waals surface area contributed by atoms with Crippen molar-refractivity contribution in [1.82, 2.24) is 9.97 Å². The second-order valence-corrected chi connectivity index (χ2v) is 8.41. The summed E-state index contributed by atoms with van der Waals surface area (Å²) in [6.45, 7) is 1.16. The molecule has 1 aromatic carbocycles. The van der Waals surface area contributed by atoms with Gasteiger partial charge in [0, 0.05) is 27.4 Å². The molecule has 29 heavy (non-hydrogen) atoms. The second kappa shape index (κ2) is 7.27. The average Bonchev–Trinajstić information content (AvgIpc) is 3.05. The SMILES string of the molecule is C[C@@](O)(CO)c1ccnc(-c2cccc3c(-c4nc(N)ccc4Cl)c(N)sc23)c1. The van der Waals surface area contributed by atoms with Gasteiger partial charge in [-0.05, 0) is 36.8 Å². The number of nitrogens with zero attached hydrogens (tertiary/aromatic N) is 2. The minimum atomic E-state index is -1.36. The summed E-state index contributed by atoms with van der Waals surface area (Å²) < 4.78 is 0.925. The first kappa shape index (κ1) is 19.6. The van der Waals surface area contributed by atoms with E-state index in [9.17, 15) is 10.2 Å². The maximum absolute atomic E-state index is 10.4. The van der Waals surface area contributed by atoms with Crippen molar-refractivity contribution in [3.05, 3.63) is 59.2 Å². The molecule has 0 fully saturated rings. The summed E-state index contributed by atoms with van der Waals surface area (Å²) in [4.78, 5) is 8.84. The monoisotopic (exact) mass is 426 g/mol. The van der Waals surface area contributed by atoms with Crippen molar-refractivity contribution in [2.45, 2.75) is 12.5 Å². The number of thiophene rings is 1. The van der Waals surface area contributed by atoms with Crippen LogP contribution in [0.1, 0.15) is 12.5 Å². The molecular formula is C21H19ClN4O2S. The lowest BCUT2D eigenvalue weighted by atomic mass is 9.96. The van der Waals surface area contributed by atoms with E-state index in [4.69, 9.17) is 23.1 Å².